The summed E-state index contributed by atoms with van der Waals surface area (Å²) in [6, 6.07) is 8.76. The number of anilines is 1. The molecule has 0 aliphatic carbocycles. The number of hydrogen-bond acceptors (Lipinski definition) is 3. The molecule has 100 valence electrons. The predicted octanol–water partition coefficient (Wildman–Crippen LogP) is 3.51. The number of methoxy groups -OCH3 is 1. The SMILES string of the molecule is COc1ccc(NC(=O)CCc2ccco2)cc1Cl. The molecule has 0 aliphatic rings. The standard InChI is InChI=1S/C14H14ClNO3/c1-18-13-6-4-10(9-12(13)15)16-14(17)7-5-11-3-2-8-19-11/h2-4,6,8-9H,5,7H2,1H3,(H,16,17). The second-order valence-corrected chi connectivity index (χ2v) is 4.38. The first-order valence-corrected chi connectivity index (χ1v) is 6.22. The second kappa shape index (κ2) is 6.29. The van der Waals surface area contributed by atoms with Gasteiger partial charge in [-0.1, -0.05) is 11.6 Å². The maximum atomic E-state index is 11.7. The predicted molar refractivity (Wildman–Crippen MR) is 73.7 cm³/mol. The molecule has 1 N–H and O–H groups in total. The fourth-order valence-corrected chi connectivity index (χ4v) is 1.92. The van der Waals surface area contributed by atoms with Gasteiger partial charge in [0.05, 0.1) is 18.4 Å². The van der Waals surface area contributed by atoms with E-state index in [0.717, 1.165) is 5.76 Å². The van der Waals surface area contributed by atoms with Crippen molar-refractivity contribution in [2.75, 3.05) is 12.4 Å². The number of hydrogen-bond donors (Lipinski definition) is 1. The molecule has 0 radical (unpaired) electrons. The van der Waals surface area contributed by atoms with Crippen molar-refractivity contribution in [3.8, 4) is 5.75 Å². The Morgan fingerprint density at radius 2 is 2.26 bits per heavy atom. The largest absolute Gasteiger partial charge is 0.495 e. The van der Waals surface area contributed by atoms with Crippen LogP contribution in [-0.4, -0.2) is 13.0 Å². The van der Waals surface area contributed by atoms with Gasteiger partial charge in [-0.05, 0) is 30.3 Å². The van der Waals surface area contributed by atoms with Gasteiger partial charge in [0.15, 0.2) is 0 Å². The van der Waals surface area contributed by atoms with Crippen LogP contribution in [0.2, 0.25) is 5.02 Å². The lowest BCUT2D eigenvalue weighted by Gasteiger charge is -2.07. The van der Waals surface area contributed by atoms with Gasteiger partial charge in [-0.2, -0.15) is 0 Å². The fourth-order valence-electron chi connectivity index (χ4n) is 1.66. The van der Waals surface area contributed by atoms with Gasteiger partial charge in [-0.3, -0.25) is 4.79 Å². The molecule has 1 aromatic heterocycles. The highest BCUT2D eigenvalue weighted by Crippen LogP contribution is 2.27. The minimum absolute atomic E-state index is 0.0855. The van der Waals surface area contributed by atoms with Crippen molar-refractivity contribution in [1.82, 2.24) is 0 Å². The molecule has 1 amide bonds. The molecule has 0 bridgehead atoms. The number of halogens is 1. The Balaban J connectivity index is 1.90. The maximum absolute atomic E-state index is 11.7. The summed E-state index contributed by atoms with van der Waals surface area (Å²) in [5, 5.41) is 3.24. The van der Waals surface area contributed by atoms with Gasteiger partial charge in [0.2, 0.25) is 5.91 Å². The van der Waals surface area contributed by atoms with E-state index in [2.05, 4.69) is 5.32 Å². The molecule has 1 aromatic carbocycles. The van der Waals surface area contributed by atoms with Crippen LogP contribution >= 0.6 is 11.6 Å². The number of ether oxygens (including phenoxy) is 1. The van der Waals surface area contributed by atoms with Crippen LogP contribution in [0.3, 0.4) is 0 Å². The van der Waals surface area contributed by atoms with Crippen LogP contribution in [0, 0.1) is 0 Å². The highest BCUT2D eigenvalue weighted by molar-refractivity contribution is 6.32. The van der Waals surface area contributed by atoms with E-state index in [-0.39, 0.29) is 5.91 Å². The lowest BCUT2D eigenvalue weighted by Crippen LogP contribution is -2.12. The Morgan fingerprint density at radius 1 is 1.42 bits per heavy atom. The lowest BCUT2D eigenvalue weighted by atomic mass is 10.2. The molecule has 0 spiro atoms. The average molecular weight is 280 g/mol. The summed E-state index contributed by atoms with van der Waals surface area (Å²) in [6.07, 6.45) is 2.52. The van der Waals surface area contributed by atoms with Gasteiger partial charge in [-0.25, -0.2) is 0 Å². The highest BCUT2D eigenvalue weighted by Gasteiger charge is 2.07. The summed E-state index contributed by atoms with van der Waals surface area (Å²) in [7, 11) is 1.54. The van der Waals surface area contributed by atoms with E-state index in [4.69, 9.17) is 20.8 Å². The Morgan fingerprint density at radius 3 is 2.89 bits per heavy atom. The summed E-state index contributed by atoms with van der Waals surface area (Å²) >= 11 is 5.98. The number of nitrogens with one attached hydrogen (secondary N) is 1. The number of furan rings is 1. The lowest BCUT2D eigenvalue weighted by molar-refractivity contribution is -0.116. The minimum Gasteiger partial charge on any atom is -0.495 e. The van der Waals surface area contributed by atoms with E-state index < -0.39 is 0 Å². The zero-order valence-corrected chi connectivity index (χ0v) is 11.2. The normalized spacial score (nSPS) is 10.2. The highest BCUT2D eigenvalue weighted by atomic mass is 35.5. The quantitative estimate of drug-likeness (QED) is 0.911. The molecule has 4 nitrogen and oxygen atoms in total. The van der Waals surface area contributed by atoms with Crippen LogP contribution in [-0.2, 0) is 11.2 Å². The molecule has 0 fully saturated rings. The van der Waals surface area contributed by atoms with E-state index >= 15 is 0 Å². The number of aryl methyl sites for hydroxylation is 1. The molecule has 0 saturated heterocycles. The van der Waals surface area contributed by atoms with Crippen molar-refractivity contribution in [2.45, 2.75) is 12.8 Å². The van der Waals surface area contributed by atoms with Crippen LogP contribution in [0.4, 0.5) is 5.69 Å². The van der Waals surface area contributed by atoms with E-state index in [1.54, 1.807) is 37.6 Å². The first kappa shape index (κ1) is 13.5. The Labute approximate surface area is 116 Å². The van der Waals surface area contributed by atoms with E-state index in [0.29, 0.717) is 29.3 Å². The number of carbonyl (C=O) groups excluding carboxylic acids is 1. The first-order valence-electron chi connectivity index (χ1n) is 5.85. The van der Waals surface area contributed by atoms with Crippen LogP contribution < -0.4 is 10.1 Å². The molecular formula is C14H14ClNO3. The summed E-state index contributed by atoms with van der Waals surface area (Å²) in [4.78, 5) is 11.7. The monoisotopic (exact) mass is 279 g/mol. The second-order valence-electron chi connectivity index (χ2n) is 3.98. The summed E-state index contributed by atoms with van der Waals surface area (Å²) in [5.74, 6) is 1.29. The van der Waals surface area contributed by atoms with E-state index in [9.17, 15) is 4.79 Å². The molecule has 0 unspecified atom stereocenters. The topological polar surface area (TPSA) is 51.5 Å². The van der Waals surface area contributed by atoms with Crippen LogP contribution in [0.15, 0.2) is 41.0 Å². The first-order chi connectivity index (χ1) is 9.19. The summed E-state index contributed by atoms with van der Waals surface area (Å²) in [5.41, 5.74) is 0.648. The van der Waals surface area contributed by atoms with Crippen LogP contribution in [0.25, 0.3) is 0 Å². The zero-order chi connectivity index (χ0) is 13.7. The molecule has 0 aliphatic heterocycles. The third kappa shape index (κ3) is 3.76. The van der Waals surface area contributed by atoms with Crippen molar-refractivity contribution < 1.29 is 13.9 Å². The molecule has 19 heavy (non-hydrogen) atoms. The molecule has 2 aromatic rings. The Kier molecular flexibility index (Phi) is 4.47. The van der Waals surface area contributed by atoms with E-state index in [1.165, 1.54) is 0 Å². The van der Waals surface area contributed by atoms with Crippen molar-refractivity contribution in [3.63, 3.8) is 0 Å². The van der Waals surface area contributed by atoms with Crippen molar-refractivity contribution in [1.29, 1.82) is 0 Å². The Hall–Kier alpha value is -1.94. The maximum Gasteiger partial charge on any atom is 0.224 e. The van der Waals surface area contributed by atoms with Gasteiger partial charge >= 0.3 is 0 Å². The molecule has 2 rings (SSSR count). The van der Waals surface area contributed by atoms with Crippen molar-refractivity contribution >= 4 is 23.2 Å². The zero-order valence-electron chi connectivity index (χ0n) is 10.5. The third-order valence-electron chi connectivity index (χ3n) is 2.61. The van der Waals surface area contributed by atoms with Gasteiger partial charge in [0.25, 0.3) is 0 Å². The van der Waals surface area contributed by atoms with Gasteiger partial charge in [0.1, 0.15) is 11.5 Å². The van der Waals surface area contributed by atoms with Crippen molar-refractivity contribution in [3.05, 3.63) is 47.4 Å². The number of rotatable bonds is 5. The van der Waals surface area contributed by atoms with Gasteiger partial charge in [-0.15, -0.1) is 0 Å². The number of amides is 1. The van der Waals surface area contributed by atoms with E-state index in [1.807, 2.05) is 6.07 Å². The van der Waals surface area contributed by atoms with Gasteiger partial charge in [0, 0.05) is 18.5 Å². The number of carbonyl (C=O) groups is 1. The third-order valence-corrected chi connectivity index (χ3v) is 2.91. The fraction of sp³-hybridized carbons (Fsp3) is 0.214. The Bertz CT molecular complexity index is 552. The molecule has 0 saturated carbocycles. The summed E-state index contributed by atoms with van der Waals surface area (Å²) < 4.78 is 10.2. The summed E-state index contributed by atoms with van der Waals surface area (Å²) in [6.45, 7) is 0. The number of benzene rings is 1. The van der Waals surface area contributed by atoms with Crippen molar-refractivity contribution in [2.24, 2.45) is 0 Å². The molecule has 0 atom stereocenters. The smallest absolute Gasteiger partial charge is 0.224 e. The minimum atomic E-state index is -0.0855. The average Bonchev–Trinajstić information content (AvgIpc) is 2.90. The molecular weight excluding hydrogens is 266 g/mol. The van der Waals surface area contributed by atoms with Crippen LogP contribution in [0.5, 0.6) is 5.75 Å². The van der Waals surface area contributed by atoms with Gasteiger partial charge < -0.3 is 14.5 Å². The molecule has 1 heterocycles. The van der Waals surface area contributed by atoms with Crippen LogP contribution in [0.1, 0.15) is 12.2 Å². The molecule has 5 heteroatoms.